The molecule has 0 unspecified atom stereocenters. The molecule has 0 amide bonds. The maximum absolute atomic E-state index is 11.0. The molecule has 0 aromatic carbocycles. The van der Waals surface area contributed by atoms with Gasteiger partial charge in [-0.25, -0.2) is 4.79 Å². The van der Waals surface area contributed by atoms with Crippen molar-refractivity contribution in [2.24, 2.45) is 0 Å². The van der Waals surface area contributed by atoms with Crippen molar-refractivity contribution in [3.63, 3.8) is 0 Å². The van der Waals surface area contributed by atoms with Gasteiger partial charge in [0.2, 0.25) is 0 Å². The van der Waals surface area contributed by atoms with Crippen LogP contribution in [0.5, 0.6) is 0 Å². The largest absolute Gasteiger partial charge is 1.00 e. The summed E-state index contributed by atoms with van der Waals surface area (Å²) in [4.78, 5) is 11.0. The molecule has 0 saturated heterocycles. The maximum atomic E-state index is 11.0. The quantitative estimate of drug-likeness (QED) is 0.326. The molecule has 0 spiro atoms. The lowest BCUT2D eigenvalue weighted by atomic mass is 10.1. The van der Waals surface area contributed by atoms with E-state index in [0.717, 1.165) is 19.4 Å². The van der Waals surface area contributed by atoms with Gasteiger partial charge in [0, 0.05) is 5.57 Å². The number of esters is 1. The molecular formula is C12H24BrNO2. The summed E-state index contributed by atoms with van der Waals surface area (Å²) in [5, 5.41) is 0. The van der Waals surface area contributed by atoms with Crippen molar-refractivity contribution in [3.8, 4) is 0 Å². The zero-order valence-electron chi connectivity index (χ0n) is 10.3. The van der Waals surface area contributed by atoms with Crippen LogP contribution in [0.1, 0.15) is 45.4 Å². The van der Waals surface area contributed by atoms with Gasteiger partial charge in [-0.3, -0.25) is 0 Å². The molecule has 16 heavy (non-hydrogen) atoms. The van der Waals surface area contributed by atoms with Crippen LogP contribution in [0.4, 0.5) is 0 Å². The Bertz CT molecular complexity index is 195. The molecule has 0 bridgehead atoms. The fourth-order valence-electron chi connectivity index (χ4n) is 1.27. The number of quaternary nitrogens is 1. The number of carbonyl (C=O) groups excluding carboxylic acids is 1. The van der Waals surface area contributed by atoms with E-state index in [9.17, 15) is 4.79 Å². The van der Waals surface area contributed by atoms with Gasteiger partial charge < -0.3 is 27.5 Å². The molecule has 96 valence electrons. The van der Waals surface area contributed by atoms with E-state index in [0.29, 0.717) is 12.2 Å². The molecule has 0 atom stereocenters. The Morgan fingerprint density at radius 3 is 2.12 bits per heavy atom. The lowest BCUT2D eigenvalue weighted by Gasteiger charge is -2.03. The van der Waals surface area contributed by atoms with E-state index >= 15 is 0 Å². The summed E-state index contributed by atoms with van der Waals surface area (Å²) in [5.41, 5.74) is 4.28. The number of carbonyl (C=O) groups is 1. The fourth-order valence-corrected chi connectivity index (χ4v) is 1.27. The minimum absolute atomic E-state index is 0. The molecule has 0 saturated carbocycles. The van der Waals surface area contributed by atoms with Crippen molar-refractivity contribution in [1.82, 2.24) is 0 Å². The lowest BCUT2D eigenvalue weighted by Crippen LogP contribution is -3.00. The molecule has 0 fully saturated rings. The van der Waals surface area contributed by atoms with E-state index in [1.807, 2.05) is 0 Å². The van der Waals surface area contributed by atoms with Crippen molar-refractivity contribution in [3.05, 3.63) is 12.2 Å². The number of halogens is 1. The van der Waals surface area contributed by atoms with E-state index in [1.54, 1.807) is 6.92 Å². The summed E-state index contributed by atoms with van der Waals surface area (Å²) in [5.74, 6) is -0.271. The van der Waals surface area contributed by atoms with Gasteiger partial charge in [0.05, 0.1) is 13.2 Å². The Morgan fingerprint density at radius 1 is 1.12 bits per heavy atom. The van der Waals surface area contributed by atoms with Gasteiger partial charge in [-0.2, -0.15) is 0 Å². The second kappa shape index (κ2) is 12.7. The molecule has 0 heterocycles. The molecule has 0 aromatic rings. The molecule has 0 aromatic heterocycles. The van der Waals surface area contributed by atoms with E-state index in [2.05, 4.69) is 12.3 Å². The van der Waals surface area contributed by atoms with Gasteiger partial charge in [0.25, 0.3) is 0 Å². The minimum atomic E-state index is -0.271. The van der Waals surface area contributed by atoms with E-state index < -0.39 is 0 Å². The normalized spacial score (nSPS) is 9.38. The number of hydrogen-bond acceptors (Lipinski definition) is 2. The van der Waals surface area contributed by atoms with Crippen LogP contribution in [0.3, 0.4) is 0 Å². The van der Waals surface area contributed by atoms with Crippen molar-refractivity contribution < 1.29 is 32.2 Å². The Hall–Kier alpha value is -0.350. The molecule has 0 aliphatic rings. The van der Waals surface area contributed by atoms with E-state index in [-0.39, 0.29) is 23.0 Å². The summed E-state index contributed by atoms with van der Waals surface area (Å²) in [6, 6.07) is 0. The van der Waals surface area contributed by atoms with Crippen LogP contribution in [0.15, 0.2) is 12.2 Å². The zero-order chi connectivity index (χ0) is 11.5. The van der Waals surface area contributed by atoms with Gasteiger partial charge in [-0.05, 0) is 26.2 Å². The molecule has 0 radical (unpaired) electrons. The Labute approximate surface area is 109 Å². The Balaban J connectivity index is 0. The third kappa shape index (κ3) is 11.7. The van der Waals surface area contributed by atoms with Gasteiger partial charge >= 0.3 is 5.97 Å². The van der Waals surface area contributed by atoms with Crippen molar-refractivity contribution in [1.29, 1.82) is 0 Å². The van der Waals surface area contributed by atoms with Crippen LogP contribution >= 0.6 is 0 Å². The average molecular weight is 294 g/mol. The predicted octanol–water partition coefficient (Wildman–Crippen LogP) is -1.31. The molecule has 0 aliphatic heterocycles. The van der Waals surface area contributed by atoms with Crippen molar-refractivity contribution in [2.75, 3.05) is 13.2 Å². The molecular weight excluding hydrogens is 270 g/mol. The number of ether oxygens (including phenoxy) is 1. The highest BCUT2D eigenvalue weighted by Crippen LogP contribution is 2.05. The third-order valence-corrected chi connectivity index (χ3v) is 2.23. The average Bonchev–Trinajstić information content (AvgIpc) is 2.21. The Kier molecular flexibility index (Phi) is 14.3. The minimum Gasteiger partial charge on any atom is -1.00 e. The first-order valence-electron chi connectivity index (χ1n) is 5.80. The molecule has 4 heteroatoms. The summed E-state index contributed by atoms with van der Waals surface area (Å²) >= 11 is 0. The third-order valence-electron chi connectivity index (χ3n) is 2.23. The van der Waals surface area contributed by atoms with Gasteiger partial charge in [0.1, 0.15) is 0 Å². The first-order valence-corrected chi connectivity index (χ1v) is 5.80. The maximum Gasteiger partial charge on any atom is 0.333 e. The monoisotopic (exact) mass is 293 g/mol. The highest BCUT2D eigenvalue weighted by atomic mass is 79.9. The van der Waals surface area contributed by atoms with E-state index in [4.69, 9.17) is 4.74 Å². The summed E-state index contributed by atoms with van der Waals surface area (Å²) in [7, 11) is 0. The van der Waals surface area contributed by atoms with Crippen LogP contribution in [-0.2, 0) is 9.53 Å². The molecule has 0 rings (SSSR count). The fraction of sp³-hybridized carbons (Fsp3) is 0.750. The highest BCUT2D eigenvalue weighted by molar-refractivity contribution is 5.86. The van der Waals surface area contributed by atoms with Crippen LogP contribution < -0.4 is 22.7 Å². The van der Waals surface area contributed by atoms with Crippen LogP contribution in [0.2, 0.25) is 0 Å². The number of hydrogen-bond donors (Lipinski definition) is 1. The van der Waals surface area contributed by atoms with Crippen LogP contribution in [0.25, 0.3) is 0 Å². The summed E-state index contributed by atoms with van der Waals surface area (Å²) < 4.78 is 4.98. The van der Waals surface area contributed by atoms with Gasteiger partial charge in [-0.1, -0.05) is 25.8 Å². The zero-order valence-corrected chi connectivity index (χ0v) is 11.9. The summed E-state index contributed by atoms with van der Waals surface area (Å²) in [6.07, 6.45) is 7.10. The standard InChI is InChI=1S/C12H23NO2.BrH/c1-11(2)12(14)15-10-8-6-4-3-5-7-9-13;/h1,3-10,13H2,2H3;1H. The Morgan fingerprint density at radius 2 is 1.62 bits per heavy atom. The molecule has 3 N–H and O–H groups in total. The van der Waals surface area contributed by atoms with Crippen LogP contribution in [-0.4, -0.2) is 19.1 Å². The van der Waals surface area contributed by atoms with Gasteiger partial charge in [0.15, 0.2) is 0 Å². The lowest BCUT2D eigenvalue weighted by molar-refractivity contribution is -0.368. The molecule has 3 nitrogen and oxygen atoms in total. The predicted molar refractivity (Wildman–Crippen MR) is 61.2 cm³/mol. The van der Waals surface area contributed by atoms with Gasteiger partial charge in [-0.15, -0.1) is 0 Å². The topological polar surface area (TPSA) is 53.9 Å². The number of unbranched alkanes of at least 4 members (excludes halogenated alkanes) is 5. The first kappa shape index (κ1) is 18.0. The van der Waals surface area contributed by atoms with Crippen molar-refractivity contribution >= 4 is 5.97 Å². The smallest absolute Gasteiger partial charge is 0.333 e. The second-order valence-electron chi connectivity index (χ2n) is 3.89. The SMILES string of the molecule is C=C(C)C(=O)OCCCCCCCC[NH3+].[Br-]. The van der Waals surface area contributed by atoms with Crippen LogP contribution in [0, 0.1) is 0 Å². The first-order chi connectivity index (χ1) is 7.18. The van der Waals surface area contributed by atoms with E-state index in [1.165, 1.54) is 25.7 Å². The summed E-state index contributed by atoms with van der Waals surface area (Å²) in [6.45, 7) is 6.76. The highest BCUT2D eigenvalue weighted by Gasteiger charge is 2.01. The van der Waals surface area contributed by atoms with Crippen molar-refractivity contribution in [2.45, 2.75) is 45.4 Å². The number of rotatable bonds is 9. The molecule has 0 aliphatic carbocycles. The second-order valence-corrected chi connectivity index (χ2v) is 3.89.